The molecule has 5 heterocycles. The highest BCUT2D eigenvalue weighted by molar-refractivity contribution is 6.08. The van der Waals surface area contributed by atoms with Crippen LogP contribution in [0, 0.1) is 6.92 Å². The van der Waals surface area contributed by atoms with Crippen molar-refractivity contribution in [3.63, 3.8) is 0 Å². The number of carbonyl (C=O) groups is 2. The van der Waals surface area contributed by atoms with Crippen LogP contribution in [0.15, 0.2) is 54.9 Å². The monoisotopic (exact) mass is 650 g/mol. The van der Waals surface area contributed by atoms with E-state index in [0.29, 0.717) is 28.9 Å². The van der Waals surface area contributed by atoms with Crippen molar-refractivity contribution in [3.05, 3.63) is 66.2 Å². The summed E-state index contributed by atoms with van der Waals surface area (Å²) >= 11 is 0. The van der Waals surface area contributed by atoms with Crippen LogP contribution in [-0.2, 0) is 11.8 Å². The maximum atomic E-state index is 13.5. The van der Waals surface area contributed by atoms with Crippen LogP contribution in [-0.4, -0.2) is 100 Å². The topological polar surface area (TPSA) is 109 Å². The van der Waals surface area contributed by atoms with Crippen molar-refractivity contribution < 1.29 is 19.1 Å². The number of hydrogen-bond donors (Lipinski definition) is 1. The lowest BCUT2D eigenvalue weighted by atomic mass is 10.0. The number of nitrogens with one attached hydrogen (secondary N) is 1. The number of imidazole rings is 1. The minimum Gasteiger partial charge on any atom is -0.496 e. The number of amides is 2. The molecule has 5 aromatic rings. The smallest absolute Gasteiger partial charge is 0.272 e. The first-order valence-electron chi connectivity index (χ1n) is 16.5. The van der Waals surface area contributed by atoms with Gasteiger partial charge in [-0.05, 0) is 50.1 Å². The number of aryl methyl sites for hydroxylation is 2. The first-order chi connectivity index (χ1) is 23.3. The number of likely N-dealkylation sites (tertiary alicyclic amines) is 1. The van der Waals surface area contributed by atoms with E-state index in [9.17, 15) is 9.59 Å². The fourth-order valence-electron chi connectivity index (χ4n) is 7.30. The van der Waals surface area contributed by atoms with E-state index in [1.807, 2.05) is 78.3 Å². The van der Waals surface area contributed by atoms with Gasteiger partial charge in [-0.3, -0.25) is 23.9 Å². The molecule has 0 bridgehead atoms. The molecule has 2 aliphatic rings. The Labute approximate surface area is 279 Å². The number of fused-ring (bicyclic) bond motifs is 2. The maximum absolute atomic E-state index is 13.5. The Balaban J connectivity index is 1.13. The number of ether oxygens (including phenoxy) is 2. The summed E-state index contributed by atoms with van der Waals surface area (Å²) in [6.07, 6.45) is 5.84. The van der Waals surface area contributed by atoms with Gasteiger partial charge in [0.05, 0.1) is 36.6 Å². The molecular formula is C36H42N8O4. The molecule has 0 saturated carbocycles. The molecule has 2 saturated heterocycles. The number of piperidine rings is 1. The molecule has 48 heavy (non-hydrogen) atoms. The van der Waals surface area contributed by atoms with Gasteiger partial charge in [-0.2, -0.15) is 0 Å². The van der Waals surface area contributed by atoms with Crippen molar-refractivity contribution >= 4 is 39.9 Å². The van der Waals surface area contributed by atoms with Crippen LogP contribution in [0.1, 0.15) is 35.9 Å². The molecule has 1 N–H and O–H groups in total. The fraction of sp³-hybridized carbons (Fsp3) is 0.389. The van der Waals surface area contributed by atoms with Crippen molar-refractivity contribution in [3.8, 4) is 22.8 Å². The molecule has 2 aromatic carbocycles. The van der Waals surface area contributed by atoms with Crippen molar-refractivity contribution in [2.75, 3.05) is 63.7 Å². The summed E-state index contributed by atoms with van der Waals surface area (Å²) in [6.45, 7) is 8.96. The zero-order valence-corrected chi connectivity index (χ0v) is 28.2. The lowest BCUT2D eigenvalue weighted by Gasteiger charge is -2.42. The van der Waals surface area contributed by atoms with Gasteiger partial charge >= 0.3 is 0 Å². The Morgan fingerprint density at radius 1 is 0.938 bits per heavy atom. The Morgan fingerprint density at radius 2 is 1.69 bits per heavy atom. The Bertz CT molecular complexity index is 2000. The molecule has 12 nitrogen and oxygen atoms in total. The number of nitrogens with zero attached hydrogens (tertiary/aromatic N) is 7. The zero-order chi connectivity index (χ0) is 33.5. The van der Waals surface area contributed by atoms with Gasteiger partial charge in [0.25, 0.3) is 5.91 Å². The standard InChI is InChI=1S/C36H42N8O4/c1-23-34-33(39-36(44(34)16-13-37-23)43-19-17-42(18-20-43)26-11-14-41(15-12-26)24(2)45)25-9-10-28(32(21-25)48-5)38-35(46)30-22-27-29(40(30)3)7-6-8-31(27)47-4/h6-10,13,16,21-22,26H,11-12,14-15,17-20H2,1-5H3,(H,38,46). The normalized spacial score (nSPS) is 16.1. The molecule has 2 fully saturated rings. The number of carbonyl (C=O) groups excluding carboxylic acids is 2. The van der Waals surface area contributed by atoms with E-state index in [1.165, 1.54) is 0 Å². The van der Waals surface area contributed by atoms with Gasteiger partial charge in [0.2, 0.25) is 11.9 Å². The third-order valence-electron chi connectivity index (χ3n) is 9.97. The number of anilines is 2. The first-order valence-corrected chi connectivity index (χ1v) is 16.5. The van der Waals surface area contributed by atoms with Crippen molar-refractivity contribution in [1.29, 1.82) is 0 Å². The van der Waals surface area contributed by atoms with Crippen LogP contribution in [0.5, 0.6) is 11.5 Å². The molecule has 250 valence electrons. The lowest BCUT2D eigenvalue weighted by Crippen LogP contribution is -2.54. The van der Waals surface area contributed by atoms with Crippen molar-refractivity contribution in [2.24, 2.45) is 7.05 Å². The highest BCUT2D eigenvalue weighted by Crippen LogP contribution is 2.36. The Hall–Kier alpha value is -5.10. The van der Waals surface area contributed by atoms with Crippen LogP contribution >= 0.6 is 0 Å². The van der Waals surface area contributed by atoms with Crippen LogP contribution < -0.4 is 19.7 Å². The Morgan fingerprint density at radius 3 is 2.40 bits per heavy atom. The van der Waals surface area contributed by atoms with Gasteiger partial charge < -0.3 is 29.2 Å². The SMILES string of the molecule is COc1cc(-c2nc(N3CCN(C4CCN(C(C)=O)CC4)CC3)n3ccnc(C)c23)ccc1NC(=O)c1cc2c(OC)cccc2n1C. The molecule has 0 unspecified atom stereocenters. The summed E-state index contributed by atoms with van der Waals surface area (Å²) in [5, 5.41) is 3.92. The predicted molar refractivity (Wildman–Crippen MR) is 186 cm³/mol. The molecule has 7 rings (SSSR count). The number of piperazine rings is 1. The quantitative estimate of drug-likeness (QED) is 0.272. The third-order valence-corrected chi connectivity index (χ3v) is 9.97. The summed E-state index contributed by atoms with van der Waals surface area (Å²) in [4.78, 5) is 42.0. The van der Waals surface area contributed by atoms with E-state index >= 15 is 0 Å². The average molecular weight is 651 g/mol. The largest absolute Gasteiger partial charge is 0.496 e. The van der Waals surface area contributed by atoms with Gasteiger partial charge in [0.15, 0.2) is 0 Å². The van der Waals surface area contributed by atoms with Gasteiger partial charge in [-0.1, -0.05) is 12.1 Å². The lowest BCUT2D eigenvalue weighted by molar-refractivity contribution is -0.130. The highest BCUT2D eigenvalue weighted by atomic mass is 16.5. The second-order valence-electron chi connectivity index (χ2n) is 12.6. The van der Waals surface area contributed by atoms with Crippen LogP contribution in [0.25, 0.3) is 27.7 Å². The molecular weight excluding hydrogens is 608 g/mol. The average Bonchev–Trinajstić information content (AvgIpc) is 3.67. The van der Waals surface area contributed by atoms with Crippen molar-refractivity contribution in [2.45, 2.75) is 32.7 Å². The molecule has 12 heteroatoms. The molecule has 2 aliphatic heterocycles. The van der Waals surface area contributed by atoms with E-state index in [1.54, 1.807) is 21.1 Å². The van der Waals surface area contributed by atoms with Crippen LogP contribution in [0.2, 0.25) is 0 Å². The number of benzene rings is 2. The van der Waals surface area contributed by atoms with E-state index < -0.39 is 0 Å². The summed E-state index contributed by atoms with van der Waals surface area (Å²) in [5.74, 6) is 2.06. The first kappa shape index (κ1) is 31.5. The molecule has 0 atom stereocenters. The van der Waals surface area contributed by atoms with E-state index in [0.717, 1.165) is 91.4 Å². The number of rotatable bonds is 7. The van der Waals surface area contributed by atoms with E-state index in [2.05, 4.69) is 24.5 Å². The predicted octanol–water partition coefficient (Wildman–Crippen LogP) is 4.60. The number of methoxy groups -OCH3 is 2. The summed E-state index contributed by atoms with van der Waals surface area (Å²) in [5.41, 5.74) is 5.48. The fourth-order valence-corrected chi connectivity index (χ4v) is 7.30. The third kappa shape index (κ3) is 5.59. The van der Waals surface area contributed by atoms with Crippen LogP contribution in [0.3, 0.4) is 0 Å². The minimum absolute atomic E-state index is 0.171. The van der Waals surface area contributed by atoms with Crippen molar-refractivity contribution in [1.82, 2.24) is 28.7 Å². The molecule has 0 aliphatic carbocycles. The van der Waals surface area contributed by atoms with E-state index in [-0.39, 0.29) is 11.8 Å². The highest BCUT2D eigenvalue weighted by Gasteiger charge is 2.30. The number of hydrogen-bond acceptors (Lipinski definition) is 8. The van der Waals surface area contributed by atoms with Gasteiger partial charge in [-0.15, -0.1) is 0 Å². The summed E-state index contributed by atoms with van der Waals surface area (Å²) in [6, 6.07) is 13.9. The molecule has 3 aromatic heterocycles. The van der Waals surface area contributed by atoms with Gasteiger partial charge in [0, 0.05) is 82.6 Å². The number of aromatic nitrogens is 4. The van der Waals surface area contributed by atoms with Crippen LogP contribution in [0.4, 0.5) is 11.6 Å². The zero-order valence-electron chi connectivity index (χ0n) is 28.2. The minimum atomic E-state index is -0.250. The Kier molecular flexibility index (Phi) is 8.42. The second-order valence-corrected chi connectivity index (χ2v) is 12.6. The maximum Gasteiger partial charge on any atom is 0.272 e. The summed E-state index contributed by atoms with van der Waals surface area (Å²) in [7, 11) is 5.10. The second kappa shape index (κ2) is 12.8. The van der Waals surface area contributed by atoms with E-state index in [4.69, 9.17) is 14.5 Å². The van der Waals surface area contributed by atoms with Gasteiger partial charge in [-0.25, -0.2) is 4.98 Å². The molecule has 0 spiro atoms. The summed E-state index contributed by atoms with van der Waals surface area (Å²) < 4.78 is 15.3. The molecule has 0 radical (unpaired) electrons. The van der Waals surface area contributed by atoms with Gasteiger partial charge in [0.1, 0.15) is 22.9 Å². The molecule has 2 amide bonds.